The topological polar surface area (TPSA) is 86.6 Å². The lowest BCUT2D eigenvalue weighted by Gasteiger charge is -2.19. The molecule has 0 spiro atoms. The molecule has 0 bridgehead atoms. The number of Topliss-reactive ketones (excluding diaryl/α,β-unsaturated/α-hetero) is 1. The fraction of sp³-hybridized carbons (Fsp3) is 0.462. The molecule has 124 valence electrons. The van der Waals surface area contributed by atoms with Crippen LogP contribution < -0.4 is 5.32 Å². The predicted octanol–water partition coefficient (Wildman–Crippen LogP) is 2.79. The fourth-order valence-corrected chi connectivity index (χ4v) is 3.03. The molecule has 1 aromatic rings. The molecule has 22 heavy (non-hydrogen) atoms. The molecule has 0 aliphatic rings. The molecule has 0 saturated carbocycles. The molecular formula is C13H17BrF2NO4P. The second-order valence-corrected chi connectivity index (χ2v) is 7.44. The van der Waals surface area contributed by atoms with E-state index in [1.165, 1.54) is 19.1 Å². The molecule has 0 aromatic heterocycles. The van der Waals surface area contributed by atoms with Crippen LogP contribution in [-0.4, -0.2) is 28.2 Å². The lowest BCUT2D eigenvalue weighted by Crippen LogP contribution is -2.33. The van der Waals surface area contributed by atoms with E-state index in [4.69, 9.17) is 9.79 Å². The van der Waals surface area contributed by atoms with E-state index in [1.807, 2.05) is 0 Å². The van der Waals surface area contributed by atoms with Crippen LogP contribution in [0, 0.1) is 0 Å². The molecule has 0 aliphatic heterocycles. The number of halogens is 3. The first-order chi connectivity index (χ1) is 9.96. The van der Waals surface area contributed by atoms with Crippen molar-refractivity contribution in [3.8, 4) is 0 Å². The van der Waals surface area contributed by atoms with Gasteiger partial charge in [-0.15, -0.1) is 0 Å². The van der Waals surface area contributed by atoms with E-state index in [9.17, 15) is 18.1 Å². The van der Waals surface area contributed by atoms with Gasteiger partial charge in [0, 0.05) is 10.0 Å². The Hall–Kier alpha value is -0.660. The van der Waals surface area contributed by atoms with Crippen molar-refractivity contribution in [2.75, 3.05) is 6.54 Å². The number of rotatable bonds is 7. The van der Waals surface area contributed by atoms with Crippen molar-refractivity contribution in [1.82, 2.24) is 5.32 Å². The lowest BCUT2D eigenvalue weighted by atomic mass is 10.1. The number of carbonyl (C=O) groups is 1. The Morgan fingerprint density at radius 1 is 1.45 bits per heavy atom. The normalized spacial score (nSPS) is 14.0. The maximum Gasteiger partial charge on any atom is 0.399 e. The number of nitrogens with one attached hydrogen (secondary N) is 1. The first-order valence-corrected chi connectivity index (χ1v) is 8.83. The third-order valence-electron chi connectivity index (χ3n) is 3.20. The third kappa shape index (κ3) is 4.67. The molecule has 9 heteroatoms. The molecule has 3 N–H and O–H groups in total. The zero-order chi connectivity index (χ0) is 17.1. The maximum absolute atomic E-state index is 13.7. The SMILES string of the molecule is CC(=O)C(C)NCCc1ccc(C(F)(F)P(=O)(O)O)c(Br)c1. The Morgan fingerprint density at radius 2 is 2.05 bits per heavy atom. The molecule has 1 aromatic carbocycles. The van der Waals surface area contributed by atoms with Crippen molar-refractivity contribution in [1.29, 1.82) is 0 Å². The van der Waals surface area contributed by atoms with Crippen LogP contribution in [-0.2, 0) is 21.4 Å². The highest BCUT2D eigenvalue weighted by atomic mass is 79.9. The van der Waals surface area contributed by atoms with Crippen LogP contribution in [0.5, 0.6) is 0 Å². The summed E-state index contributed by atoms with van der Waals surface area (Å²) in [6.07, 6.45) is 0.484. The summed E-state index contributed by atoms with van der Waals surface area (Å²) in [5, 5.41) is 2.98. The van der Waals surface area contributed by atoms with Gasteiger partial charge < -0.3 is 15.1 Å². The Bertz CT molecular complexity index is 606. The second-order valence-electron chi connectivity index (χ2n) is 4.94. The number of alkyl halides is 2. The van der Waals surface area contributed by atoms with Gasteiger partial charge in [-0.05, 0) is 38.4 Å². The Morgan fingerprint density at radius 3 is 2.50 bits per heavy atom. The van der Waals surface area contributed by atoms with Crippen molar-refractivity contribution < 1.29 is 27.9 Å². The Balaban J connectivity index is 2.83. The van der Waals surface area contributed by atoms with Crippen molar-refractivity contribution in [3.63, 3.8) is 0 Å². The number of ketones is 1. The van der Waals surface area contributed by atoms with E-state index in [1.54, 1.807) is 6.92 Å². The van der Waals surface area contributed by atoms with Crippen LogP contribution in [0.3, 0.4) is 0 Å². The van der Waals surface area contributed by atoms with E-state index in [0.29, 0.717) is 18.5 Å². The highest BCUT2D eigenvalue weighted by Crippen LogP contribution is 2.60. The summed E-state index contributed by atoms with van der Waals surface area (Å²) in [5.74, 6) is -0.00202. The summed E-state index contributed by atoms with van der Waals surface area (Å²) in [6, 6.07) is 3.47. The summed E-state index contributed by atoms with van der Waals surface area (Å²) in [5.41, 5.74) is -4.30. The molecule has 0 fully saturated rings. The van der Waals surface area contributed by atoms with Gasteiger partial charge in [0.1, 0.15) is 5.78 Å². The van der Waals surface area contributed by atoms with E-state index in [2.05, 4.69) is 21.2 Å². The molecule has 0 saturated heterocycles. The fourth-order valence-electron chi connectivity index (χ4n) is 1.69. The van der Waals surface area contributed by atoms with Crippen molar-refractivity contribution in [2.24, 2.45) is 0 Å². The number of carbonyl (C=O) groups excluding carboxylic acids is 1. The van der Waals surface area contributed by atoms with Gasteiger partial charge in [-0.3, -0.25) is 9.36 Å². The first kappa shape index (κ1) is 19.4. The maximum atomic E-state index is 13.7. The van der Waals surface area contributed by atoms with Gasteiger partial charge in [0.25, 0.3) is 0 Å². The summed E-state index contributed by atoms with van der Waals surface area (Å²) in [4.78, 5) is 28.6. The number of benzene rings is 1. The molecule has 1 unspecified atom stereocenters. The summed E-state index contributed by atoms with van der Waals surface area (Å²) >= 11 is 2.92. The van der Waals surface area contributed by atoms with Gasteiger partial charge in [0.2, 0.25) is 0 Å². The van der Waals surface area contributed by atoms with Gasteiger partial charge in [0.15, 0.2) is 0 Å². The monoisotopic (exact) mass is 399 g/mol. The zero-order valence-corrected chi connectivity index (χ0v) is 14.5. The van der Waals surface area contributed by atoms with Gasteiger partial charge in [0.05, 0.1) is 6.04 Å². The summed E-state index contributed by atoms with van der Waals surface area (Å²) < 4.78 is 38.1. The van der Waals surface area contributed by atoms with Crippen LogP contribution in [0.1, 0.15) is 25.0 Å². The standard InChI is InChI=1S/C13H17BrF2NO4P/c1-8(9(2)18)17-6-5-10-3-4-11(12(14)7-10)13(15,16)22(19,20)21/h3-4,7-8,17H,5-6H2,1-2H3,(H2,19,20,21). The van der Waals surface area contributed by atoms with Crippen LogP contribution >= 0.6 is 23.5 Å². The number of hydrogen-bond acceptors (Lipinski definition) is 3. The summed E-state index contributed by atoms with van der Waals surface area (Å²) in [7, 11) is -5.59. The van der Waals surface area contributed by atoms with Gasteiger partial charge in [-0.2, -0.15) is 8.78 Å². The molecule has 0 aliphatic carbocycles. The smallest absolute Gasteiger partial charge is 0.320 e. The van der Waals surface area contributed by atoms with E-state index in [0.717, 1.165) is 6.07 Å². The molecular weight excluding hydrogens is 383 g/mol. The van der Waals surface area contributed by atoms with Gasteiger partial charge >= 0.3 is 13.3 Å². The lowest BCUT2D eigenvalue weighted by molar-refractivity contribution is -0.118. The number of hydrogen-bond donors (Lipinski definition) is 3. The molecule has 0 radical (unpaired) electrons. The van der Waals surface area contributed by atoms with Crippen molar-refractivity contribution in [2.45, 2.75) is 32.0 Å². The average Bonchev–Trinajstić information content (AvgIpc) is 2.36. The zero-order valence-electron chi connectivity index (χ0n) is 12.0. The molecule has 1 atom stereocenters. The minimum atomic E-state index is -5.59. The highest BCUT2D eigenvalue weighted by Gasteiger charge is 2.51. The largest absolute Gasteiger partial charge is 0.399 e. The van der Waals surface area contributed by atoms with E-state index < -0.39 is 18.8 Å². The minimum Gasteiger partial charge on any atom is -0.320 e. The highest BCUT2D eigenvalue weighted by molar-refractivity contribution is 9.10. The van der Waals surface area contributed by atoms with Crippen LogP contribution in [0.4, 0.5) is 8.78 Å². The minimum absolute atomic E-state index is 0.00202. The molecule has 0 amide bonds. The van der Waals surface area contributed by atoms with Crippen molar-refractivity contribution in [3.05, 3.63) is 33.8 Å². The third-order valence-corrected chi connectivity index (χ3v) is 4.83. The van der Waals surface area contributed by atoms with Crippen LogP contribution in [0.15, 0.2) is 22.7 Å². The molecule has 1 rings (SSSR count). The first-order valence-electron chi connectivity index (χ1n) is 6.43. The van der Waals surface area contributed by atoms with Crippen LogP contribution in [0.2, 0.25) is 0 Å². The van der Waals surface area contributed by atoms with Gasteiger partial charge in [-0.25, -0.2) is 0 Å². The quantitative estimate of drug-likeness (QED) is 0.613. The van der Waals surface area contributed by atoms with Crippen molar-refractivity contribution >= 4 is 29.3 Å². The average molecular weight is 400 g/mol. The summed E-state index contributed by atoms with van der Waals surface area (Å²) in [6.45, 7) is 3.66. The van der Waals surface area contributed by atoms with E-state index >= 15 is 0 Å². The van der Waals surface area contributed by atoms with E-state index in [-0.39, 0.29) is 16.3 Å². The van der Waals surface area contributed by atoms with Crippen LogP contribution in [0.25, 0.3) is 0 Å². The molecule has 5 nitrogen and oxygen atoms in total. The second kappa shape index (κ2) is 7.27. The van der Waals surface area contributed by atoms with Gasteiger partial charge in [-0.1, -0.05) is 28.1 Å². The Kier molecular flexibility index (Phi) is 6.41. The predicted molar refractivity (Wildman–Crippen MR) is 81.9 cm³/mol. The molecule has 0 heterocycles. The Labute approximate surface area is 135 Å².